The minimum Gasteiger partial charge on any atom is -0.311 e. The highest BCUT2D eigenvalue weighted by atomic mass is 32.2. The zero-order valence-electron chi connectivity index (χ0n) is 11.0. The highest BCUT2D eigenvalue weighted by Crippen LogP contribution is 2.20. The number of nitrogens with one attached hydrogen (secondary N) is 1. The molecule has 5 nitrogen and oxygen atoms in total. The Morgan fingerprint density at radius 1 is 1.22 bits per heavy atom. The van der Waals surface area contributed by atoms with Gasteiger partial charge in [0.2, 0.25) is 0 Å². The van der Waals surface area contributed by atoms with Gasteiger partial charge in [0, 0.05) is 17.8 Å². The number of aromatic nitrogens is 2. The van der Waals surface area contributed by atoms with Crippen LogP contribution >= 0.6 is 0 Å². The first-order chi connectivity index (χ1) is 8.43. The largest absolute Gasteiger partial charge is 0.311 e. The van der Waals surface area contributed by atoms with Crippen molar-refractivity contribution >= 4 is 9.84 Å². The average Bonchev–Trinajstić information content (AvgIpc) is 2.48. The van der Waals surface area contributed by atoms with Crippen molar-refractivity contribution in [1.29, 1.82) is 0 Å². The Labute approximate surface area is 108 Å². The fourth-order valence-electron chi connectivity index (χ4n) is 2.15. The summed E-state index contributed by atoms with van der Waals surface area (Å²) >= 11 is 0. The topological polar surface area (TPSA) is 72.0 Å². The molecule has 0 amide bonds. The summed E-state index contributed by atoms with van der Waals surface area (Å²) in [6.07, 6.45) is 1.04. The van der Waals surface area contributed by atoms with Gasteiger partial charge in [-0.25, -0.2) is 18.4 Å². The first-order valence-corrected chi connectivity index (χ1v) is 7.99. The molecule has 1 aromatic heterocycles. The van der Waals surface area contributed by atoms with Crippen molar-refractivity contribution in [2.24, 2.45) is 0 Å². The summed E-state index contributed by atoms with van der Waals surface area (Å²) < 4.78 is 23.3. The van der Waals surface area contributed by atoms with Crippen LogP contribution < -0.4 is 5.32 Å². The molecule has 18 heavy (non-hydrogen) atoms. The summed E-state index contributed by atoms with van der Waals surface area (Å²) in [6, 6.07) is 0.0776. The Hall–Kier alpha value is -1.01. The highest BCUT2D eigenvalue weighted by molar-refractivity contribution is 7.91. The molecular weight excluding hydrogens is 250 g/mol. The molecule has 0 aliphatic carbocycles. The Morgan fingerprint density at radius 2 is 1.89 bits per heavy atom. The van der Waals surface area contributed by atoms with E-state index in [-0.39, 0.29) is 17.5 Å². The van der Waals surface area contributed by atoms with Crippen molar-refractivity contribution in [3.8, 4) is 0 Å². The molecule has 0 saturated heterocycles. The summed E-state index contributed by atoms with van der Waals surface area (Å²) in [5.74, 6) is 1.16. The lowest BCUT2D eigenvalue weighted by Gasteiger charge is -2.14. The van der Waals surface area contributed by atoms with E-state index >= 15 is 0 Å². The molecule has 0 bridgehead atoms. The first kappa shape index (κ1) is 13.4. The molecule has 0 fully saturated rings. The minimum absolute atomic E-state index is 0.0776. The molecule has 1 aliphatic rings. The van der Waals surface area contributed by atoms with Gasteiger partial charge in [0.1, 0.15) is 5.82 Å². The SMILES string of the molecule is CNC(C)c1nc(C)c2c(n1)CCS(=O)(=O)CC2. The molecule has 1 aliphatic heterocycles. The Morgan fingerprint density at radius 3 is 2.56 bits per heavy atom. The van der Waals surface area contributed by atoms with Crippen LogP contribution in [0.4, 0.5) is 0 Å². The molecule has 2 rings (SSSR count). The standard InChI is InChI=1S/C12H19N3O2S/c1-8-10-4-6-18(16,17)7-5-11(10)15-12(14-8)9(2)13-3/h9,13H,4-7H2,1-3H3. The van der Waals surface area contributed by atoms with Crippen LogP contribution in [0, 0.1) is 6.92 Å². The third-order valence-corrected chi connectivity index (χ3v) is 5.10. The summed E-state index contributed by atoms with van der Waals surface area (Å²) in [6.45, 7) is 3.93. The van der Waals surface area contributed by atoms with Crippen molar-refractivity contribution in [3.63, 3.8) is 0 Å². The predicted molar refractivity (Wildman–Crippen MR) is 70.3 cm³/mol. The van der Waals surface area contributed by atoms with Crippen LogP contribution in [0.3, 0.4) is 0 Å². The molecule has 0 saturated carbocycles. The number of fused-ring (bicyclic) bond motifs is 1. The second-order valence-corrected chi connectivity index (χ2v) is 7.06. The summed E-state index contributed by atoms with van der Waals surface area (Å²) in [5.41, 5.74) is 2.83. The molecule has 100 valence electrons. The van der Waals surface area contributed by atoms with Crippen molar-refractivity contribution in [2.45, 2.75) is 32.7 Å². The van der Waals surface area contributed by atoms with E-state index in [2.05, 4.69) is 15.3 Å². The van der Waals surface area contributed by atoms with Crippen molar-refractivity contribution < 1.29 is 8.42 Å². The van der Waals surface area contributed by atoms with Gasteiger partial charge in [0.15, 0.2) is 9.84 Å². The van der Waals surface area contributed by atoms with E-state index in [1.165, 1.54) is 0 Å². The Balaban J connectivity index is 2.43. The second kappa shape index (κ2) is 4.93. The number of rotatable bonds is 2. The number of aryl methyl sites for hydroxylation is 2. The van der Waals surface area contributed by atoms with Crippen LogP contribution in [0.25, 0.3) is 0 Å². The van der Waals surface area contributed by atoms with E-state index in [1.54, 1.807) is 0 Å². The predicted octanol–water partition coefficient (Wildman–Crippen LogP) is 0.579. The van der Waals surface area contributed by atoms with Crippen molar-refractivity contribution in [2.75, 3.05) is 18.6 Å². The molecular formula is C12H19N3O2S. The molecule has 1 unspecified atom stereocenters. The van der Waals surface area contributed by atoms with E-state index in [1.807, 2.05) is 20.9 Å². The third kappa shape index (κ3) is 2.70. The molecule has 6 heteroatoms. The van der Waals surface area contributed by atoms with E-state index in [4.69, 9.17) is 0 Å². The van der Waals surface area contributed by atoms with E-state index in [0.717, 1.165) is 22.8 Å². The maximum atomic E-state index is 11.7. The van der Waals surface area contributed by atoms with Gasteiger partial charge in [0.05, 0.1) is 17.5 Å². The third-order valence-electron chi connectivity index (χ3n) is 3.45. The maximum Gasteiger partial charge on any atom is 0.151 e. The van der Waals surface area contributed by atoms with Gasteiger partial charge in [-0.1, -0.05) is 0 Å². The minimum atomic E-state index is -2.93. The summed E-state index contributed by atoms with van der Waals surface area (Å²) in [4.78, 5) is 9.01. The molecule has 1 atom stereocenters. The lowest BCUT2D eigenvalue weighted by atomic mass is 10.1. The van der Waals surface area contributed by atoms with Gasteiger partial charge in [-0.05, 0) is 32.9 Å². The van der Waals surface area contributed by atoms with Crippen LogP contribution in [0.2, 0.25) is 0 Å². The van der Waals surface area contributed by atoms with Gasteiger partial charge in [-0.3, -0.25) is 0 Å². The molecule has 0 spiro atoms. The fraction of sp³-hybridized carbons (Fsp3) is 0.667. The zero-order valence-corrected chi connectivity index (χ0v) is 11.8. The van der Waals surface area contributed by atoms with Crippen LogP contribution in [0.15, 0.2) is 0 Å². The normalized spacial score (nSPS) is 19.9. The van der Waals surface area contributed by atoms with E-state index in [0.29, 0.717) is 12.8 Å². The lowest BCUT2D eigenvalue weighted by molar-refractivity contribution is 0.595. The van der Waals surface area contributed by atoms with Gasteiger partial charge in [0.25, 0.3) is 0 Å². The van der Waals surface area contributed by atoms with Crippen molar-refractivity contribution in [3.05, 3.63) is 22.8 Å². The molecule has 2 heterocycles. The van der Waals surface area contributed by atoms with Crippen molar-refractivity contribution in [1.82, 2.24) is 15.3 Å². The molecule has 0 aromatic carbocycles. The van der Waals surface area contributed by atoms with Crippen LogP contribution in [0.5, 0.6) is 0 Å². The van der Waals surface area contributed by atoms with E-state index < -0.39 is 9.84 Å². The number of hydrogen-bond acceptors (Lipinski definition) is 5. The number of hydrogen-bond donors (Lipinski definition) is 1. The van der Waals surface area contributed by atoms with Gasteiger partial charge in [-0.15, -0.1) is 0 Å². The zero-order chi connectivity index (χ0) is 13.3. The van der Waals surface area contributed by atoms with Gasteiger partial charge < -0.3 is 5.32 Å². The highest BCUT2D eigenvalue weighted by Gasteiger charge is 2.22. The van der Waals surface area contributed by atoms with Gasteiger partial charge in [-0.2, -0.15) is 0 Å². The summed E-state index contributed by atoms with van der Waals surface area (Å²) in [7, 11) is -1.07. The first-order valence-electron chi connectivity index (χ1n) is 6.17. The second-order valence-electron chi connectivity index (χ2n) is 4.75. The fourth-order valence-corrected chi connectivity index (χ4v) is 3.37. The average molecular weight is 269 g/mol. The molecule has 1 N–H and O–H groups in total. The maximum absolute atomic E-state index is 11.7. The van der Waals surface area contributed by atoms with Crippen LogP contribution in [0.1, 0.15) is 35.7 Å². The Kier molecular flexibility index (Phi) is 3.68. The lowest BCUT2D eigenvalue weighted by Crippen LogP contribution is -2.18. The molecule has 0 radical (unpaired) electrons. The number of sulfone groups is 1. The van der Waals surface area contributed by atoms with E-state index in [9.17, 15) is 8.42 Å². The smallest absolute Gasteiger partial charge is 0.151 e. The van der Waals surface area contributed by atoms with Gasteiger partial charge >= 0.3 is 0 Å². The quantitative estimate of drug-likeness (QED) is 0.850. The molecule has 1 aromatic rings. The number of nitrogens with zero attached hydrogens (tertiary/aromatic N) is 2. The Bertz CT molecular complexity index is 555. The summed E-state index contributed by atoms with van der Waals surface area (Å²) in [5, 5.41) is 3.10. The van der Waals surface area contributed by atoms with Crippen LogP contribution in [-0.2, 0) is 22.7 Å². The van der Waals surface area contributed by atoms with Crippen LogP contribution in [-0.4, -0.2) is 36.9 Å². The monoisotopic (exact) mass is 269 g/mol.